The molecule has 0 aromatic rings. The molecule has 1 aliphatic rings. The van der Waals surface area contributed by atoms with Crippen molar-refractivity contribution in [1.29, 1.82) is 0 Å². The molecule has 0 radical (unpaired) electrons. The molecule has 5 unspecified atom stereocenters. The second-order valence-corrected chi connectivity index (χ2v) is 13.0. The average molecular weight is 809 g/mol. The van der Waals surface area contributed by atoms with Gasteiger partial charge in [0.05, 0.1) is 18.8 Å². The first kappa shape index (κ1) is 51.9. The summed E-state index contributed by atoms with van der Waals surface area (Å²) in [5.41, 5.74) is 5.61. The average Bonchev–Trinajstić information content (AvgIpc) is 3.25. The van der Waals surface area contributed by atoms with Crippen molar-refractivity contribution in [3.63, 3.8) is 0 Å². The van der Waals surface area contributed by atoms with E-state index < -0.39 is 61.5 Å². The number of rotatable bonds is 20. The van der Waals surface area contributed by atoms with Crippen molar-refractivity contribution >= 4 is 5.91 Å². The molecule has 0 spiro atoms. The minimum Gasteiger partial charge on any atom is -0.390 e. The number of unbranched alkanes of at least 4 members (excludes halogenated alkanes) is 11. The Labute approximate surface area is 357 Å². The number of carbonyl (C=O) groups excluding carboxylic acids is 1. The predicted molar refractivity (Wildman–Crippen MR) is 230 cm³/mol. The molecule has 0 saturated carbocycles. The Morgan fingerprint density at radius 2 is 1.00 bits per heavy atom. The van der Waals surface area contributed by atoms with E-state index in [1.165, 1.54) is 51.4 Å². The molecule has 1 aliphatic heterocycles. The number of hydrogen-bond acceptors (Lipinski definition) is 9. The first-order valence-corrected chi connectivity index (χ1v) is 19.9. The highest BCUT2D eigenvalue weighted by Gasteiger charge is 2.44. The van der Waals surface area contributed by atoms with E-state index in [2.05, 4.69) is 154 Å². The largest absolute Gasteiger partial charge is 0.390 e. The van der Waals surface area contributed by atoms with E-state index in [0.29, 0.717) is 6.42 Å². The standard InChI is InChI=1S/C50H52N2O8/c1-3-5-7-9-11-13-15-17-18-19-20-21-22-23-24-25-26-27-29-31-33-35-37-39-45(54)52-42(41-59-50-49(58)48(57)47(56)44(40-51)60-50)46(55)43(53)38-36-34-32-30-28-16-14-12-10-8-6-4-2/h42-44,46-50,53,55-58H,4,6,8,10,12,14,16,28,30,32,34,36,38,40-41,51H2,1-2H3,(H,52,54)/t42-,43+,44?,46-,47?,48?,49?,50?/m0/s1. The predicted octanol–water partition coefficient (Wildman–Crippen LogP) is 1.13. The fourth-order valence-electron chi connectivity index (χ4n) is 5.29. The van der Waals surface area contributed by atoms with Crippen LogP contribution in [0.2, 0.25) is 0 Å². The molecule has 10 heteroatoms. The highest BCUT2D eigenvalue weighted by atomic mass is 16.7. The summed E-state index contributed by atoms with van der Waals surface area (Å²) in [5.74, 6) is 58.6. The molecule has 1 amide bonds. The van der Waals surface area contributed by atoms with Crippen LogP contribution in [0.1, 0.15) is 97.3 Å². The smallest absolute Gasteiger partial charge is 0.297 e. The quantitative estimate of drug-likeness (QED) is 0.0703. The minimum atomic E-state index is -1.65. The van der Waals surface area contributed by atoms with Crippen molar-refractivity contribution < 1.29 is 39.8 Å². The van der Waals surface area contributed by atoms with Crippen LogP contribution in [0, 0.1) is 142 Å². The van der Waals surface area contributed by atoms with Crippen LogP contribution in [0.15, 0.2) is 0 Å². The van der Waals surface area contributed by atoms with Gasteiger partial charge in [0.1, 0.15) is 30.5 Å². The summed E-state index contributed by atoms with van der Waals surface area (Å²) >= 11 is 0. The van der Waals surface area contributed by atoms with Crippen molar-refractivity contribution in [2.24, 2.45) is 5.73 Å². The van der Waals surface area contributed by atoms with Crippen LogP contribution in [0.25, 0.3) is 0 Å². The fourth-order valence-corrected chi connectivity index (χ4v) is 5.29. The van der Waals surface area contributed by atoms with E-state index in [1.807, 2.05) is 0 Å². The Balaban J connectivity index is 2.73. The Morgan fingerprint density at radius 3 is 1.42 bits per heavy atom. The summed E-state index contributed by atoms with van der Waals surface area (Å²) in [7, 11) is 0. The third kappa shape index (κ3) is 26.0. The highest BCUT2D eigenvalue weighted by Crippen LogP contribution is 2.22. The SMILES string of the molecule is CC#CC#CC#CC#CC#CC#CC#CC#CC#CC#CC#CC#CC(=O)N[C@@H](COC1OC(CN)C(O)C(O)C1O)[C@H](O)[C@H](O)CCCCCCCCCCCCCC. The van der Waals surface area contributed by atoms with Crippen LogP contribution in [-0.4, -0.2) is 93.5 Å². The lowest BCUT2D eigenvalue weighted by atomic mass is 9.98. The zero-order valence-electron chi connectivity index (χ0n) is 34.3. The van der Waals surface area contributed by atoms with Gasteiger partial charge in [0.2, 0.25) is 0 Å². The van der Waals surface area contributed by atoms with E-state index in [1.54, 1.807) is 6.92 Å². The van der Waals surface area contributed by atoms with Crippen LogP contribution in [-0.2, 0) is 14.3 Å². The van der Waals surface area contributed by atoms with Crippen molar-refractivity contribution in [1.82, 2.24) is 5.32 Å². The molecule has 0 bridgehead atoms. The van der Waals surface area contributed by atoms with Gasteiger partial charge in [-0.25, -0.2) is 0 Å². The molecule has 1 rings (SSSR count). The second-order valence-electron chi connectivity index (χ2n) is 13.0. The summed E-state index contributed by atoms with van der Waals surface area (Å²) in [6, 6.07) is -1.20. The molecular formula is C50H52N2O8. The molecule has 8 N–H and O–H groups in total. The van der Waals surface area contributed by atoms with Crippen LogP contribution < -0.4 is 11.1 Å². The van der Waals surface area contributed by atoms with Gasteiger partial charge < -0.3 is 46.1 Å². The number of nitrogens with one attached hydrogen (secondary N) is 1. The van der Waals surface area contributed by atoms with Gasteiger partial charge in [-0.15, -0.1) is 0 Å². The number of ether oxygens (including phenoxy) is 2. The van der Waals surface area contributed by atoms with E-state index in [9.17, 15) is 30.3 Å². The number of nitrogens with two attached hydrogens (primary N) is 1. The number of aliphatic hydroxyl groups is 5. The Hall–Kier alpha value is -6.13. The molecule has 60 heavy (non-hydrogen) atoms. The second kappa shape index (κ2) is 36.0. The molecule has 0 aromatic carbocycles. The van der Waals surface area contributed by atoms with Gasteiger partial charge in [0.15, 0.2) is 6.29 Å². The molecule has 1 heterocycles. The minimum absolute atomic E-state index is 0.168. The van der Waals surface area contributed by atoms with E-state index in [0.717, 1.165) is 19.3 Å². The van der Waals surface area contributed by atoms with E-state index in [-0.39, 0.29) is 13.0 Å². The summed E-state index contributed by atoms with van der Waals surface area (Å²) < 4.78 is 11.1. The van der Waals surface area contributed by atoms with Gasteiger partial charge in [-0.3, -0.25) is 4.79 Å². The van der Waals surface area contributed by atoms with Gasteiger partial charge in [-0.2, -0.15) is 0 Å². The van der Waals surface area contributed by atoms with Crippen molar-refractivity contribution in [3.05, 3.63) is 0 Å². The summed E-state index contributed by atoms with van der Waals surface area (Å²) in [6.45, 7) is 3.28. The maximum absolute atomic E-state index is 12.7. The first-order chi connectivity index (χ1) is 29.3. The van der Waals surface area contributed by atoms with E-state index >= 15 is 0 Å². The van der Waals surface area contributed by atoms with Crippen molar-refractivity contribution in [3.8, 4) is 142 Å². The third-order valence-electron chi connectivity index (χ3n) is 8.43. The van der Waals surface area contributed by atoms with Crippen molar-refractivity contribution in [2.45, 2.75) is 146 Å². The maximum Gasteiger partial charge on any atom is 0.297 e. The number of hydrogen-bond donors (Lipinski definition) is 7. The monoisotopic (exact) mass is 808 g/mol. The lowest BCUT2D eigenvalue weighted by Crippen LogP contribution is -2.61. The number of amides is 1. The zero-order chi connectivity index (χ0) is 43.9. The highest BCUT2D eigenvalue weighted by molar-refractivity contribution is 5.94. The summed E-state index contributed by atoms with van der Waals surface area (Å²) in [6.07, 6.45) is 4.18. The summed E-state index contributed by atoms with van der Waals surface area (Å²) in [4.78, 5) is 12.7. The van der Waals surface area contributed by atoms with Gasteiger partial charge in [-0.1, -0.05) is 89.9 Å². The maximum atomic E-state index is 12.7. The molecule has 0 aliphatic carbocycles. The molecule has 0 aromatic heterocycles. The zero-order valence-corrected chi connectivity index (χ0v) is 34.3. The molecule has 8 atom stereocenters. The Morgan fingerprint density at radius 1 is 0.600 bits per heavy atom. The van der Waals surface area contributed by atoms with Gasteiger partial charge >= 0.3 is 0 Å². The molecule has 1 fully saturated rings. The molecule has 1 saturated heterocycles. The lowest BCUT2D eigenvalue weighted by Gasteiger charge is -2.40. The number of carbonyl (C=O) groups is 1. The van der Waals surface area contributed by atoms with Crippen LogP contribution in [0.3, 0.4) is 0 Å². The molecule has 10 nitrogen and oxygen atoms in total. The van der Waals surface area contributed by atoms with Crippen LogP contribution >= 0.6 is 0 Å². The summed E-state index contributed by atoms with van der Waals surface area (Å²) in [5, 5.41) is 55.1. The Kier molecular flexibility index (Phi) is 31.1. The topological polar surface area (TPSA) is 175 Å². The van der Waals surface area contributed by atoms with Crippen LogP contribution in [0.5, 0.6) is 0 Å². The van der Waals surface area contributed by atoms with E-state index in [4.69, 9.17) is 15.2 Å². The Bertz CT molecular complexity index is 2140. The lowest BCUT2D eigenvalue weighted by molar-refractivity contribution is -0.296. The number of aliphatic hydroxyl groups excluding tert-OH is 5. The molecule has 310 valence electrons. The third-order valence-corrected chi connectivity index (χ3v) is 8.43. The van der Waals surface area contributed by atoms with Gasteiger partial charge in [0.25, 0.3) is 5.91 Å². The molecular weight excluding hydrogens is 757 g/mol. The van der Waals surface area contributed by atoms with Gasteiger partial charge in [0, 0.05) is 48.0 Å². The normalized spacial score (nSPS) is 17.8. The first-order valence-electron chi connectivity index (χ1n) is 19.9. The van der Waals surface area contributed by atoms with Crippen molar-refractivity contribution in [2.75, 3.05) is 13.2 Å². The van der Waals surface area contributed by atoms with Gasteiger partial charge in [-0.05, 0) is 108 Å². The van der Waals surface area contributed by atoms with Crippen LogP contribution in [0.4, 0.5) is 0 Å². The fraction of sp³-hybridized carbons (Fsp3) is 0.500.